The van der Waals surface area contributed by atoms with Crippen LogP contribution in [0.3, 0.4) is 0 Å². The first kappa shape index (κ1) is 22.3. The molecule has 2 heterocycles. The van der Waals surface area contributed by atoms with Crippen molar-refractivity contribution in [3.63, 3.8) is 0 Å². The van der Waals surface area contributed by atoms with Crippen LogP contribution in [-0.2, 0) is 4.79 Å². The number of methoxy groups -OCH3 is 3. The Morgan fingerprint density at radius 3 is 2.47 bits per heavy atom. The van der Waals surface area contributed by atoms with Crippen molar-refractivity contribution >= 4 is 23.4 Å². The third-order valence-electron chi connectivity index (χ3n) is 5.73. The molecule has 1 unspecified atom stereocenters. The number of H-pyrrole nitrogens is 1. The molecule has 0 radical (unpaired) electrons. The average molecular weight is 458 g/mol. The van der Waals surface area contributed by atoms with Crippen molar-refractivity contribution in [1.82, 2.24) is 9.97 Å². The summed E-state index contributed by atoms with van der Waals surface area (Å²) in [4.78, 5) is 34.0. The second kappa shape index (κ2) is 9.28. The van der Waals surface area contributed by atoms with Gasteiger partial charge in [-0.3, -0.25) is 9.59 Å². The van der Waals surface area contributed by atoms with E-state index in [-0.39, 0.29) is 11.3 Å². The van der Waals surface area contributed by atoms with Crippen LogP contribution in [0, 0.1) is 0 Å². The number of carbonyl (C=O) groups excluding carboxylic acids is 1. The van der Waals surface area contributed by atoms with E-state index in [9.17, 15) is 9.59 Å². The van der Waals surface area contributed by atoms with E-state index >= 15 is 0 Å². The minimum atomic E-state index is -0.620. The highest BCUT2D eigenvalue weighted by Gasteiger charge is 2.39. The van der Waals surface area contributed by atoms with Crippen molar-refractivity contribution in [1.29, 1.82) is 0 Å². The molecule has 4 rings (SSSR count). The summed E-state index contributed by atoms with van der Waals surface area (Å²) >= 11 is 1.50. The number of carbonyl (C=O) groups is 1. The van der Waals surface area contributed by atoms with Gasteiger partial charge in [0.1, 0.15) is 11.6 Å². The summed E-state index contributed by atoms with van der Waals surface area (Å²) in [6, 6.07) is 3.50. The lowest BCUT2D eigenvalue weighted by Crippen LogP contribution is -2.33. The van der Waals surface area contributed by atoms with Crippen LogP contribution in [0.1, 0.15) is 49.7 Å². The van der Waals surface area contributed by atoms with Crippen LogP contribution in [0.15, 0.2) is 33.4 Å². The Balaban J connectivity index is 1.97. The maximum absolute atomic E-state index is 13.3. The number of thioether (sulfide) groups is 1. The first-order valence-electron chi connectivity index (χ1n) is 10.6. The molecule has 1 aromatic carbocycles. The molecule has 32 heavy (non-hydrogen) atoms. The summed E-state index contributed by atoms with van der Waals surface area (Å²) in [6.07, 6.45) is 2.89. The van der Waals surface area contributed by atoms with E-state index < -0.39 is 5.92 Å². The van der Waals surface area contributed by atoms with E-state index in [4.69, 9.17) is 14.2 Å². The number of hydrogen-bond donors (Lipinski definition) is 2. The minimum absolute atomic E-state index is 0.0232. The molecule has 0 saturated carbocycles. The molecule has 9 heteroatoms. The standard InChI is InChI=1S/C23H27N3O5S/c1-5-9-32-23-25-21-20(22(28)26-23)18(19-13(24-21)7-6-8-14(19)27)12-10-16(30-3)17(31-4)11-15(12)29-2/h10-11,18H,5-9H2,1-4H3,(H2,24,25,26,28). The Labute approximate surface area is 190 Å². The SMILES string of the molecule is CCCSc1nc2c(c(=O)[nH]1)C(c1cc(OC)c(OC)cc1OC)C1=C(CCCC1=O)N2. The zero-order valence-electron chi connectivity index (χ0n) is 18.7. The van der Waals surface area contributed by atoms with Gasteiger partial charge in [0.05, 0.1) is 32.8 Å². The van der Waals surface area contributed by atoms with Gasteiger partial charge in [-0.1, -0.05) is 18.7 Å². The van der Waals surface area contributed by atoms with E-state index in [1.165, 1.54) is 11.8 Å². The van der Waals surface area contributed by atoms with Crippen molar-refractivity contribution in [3.8, 4) is 17.2 Å². The summed E-state index contributed by atoms with van der Waals surface area (Å²) in [5, 5.41) is 3.86. The number of fused-ring (bicyclic) bond motifs is 1. The van der Waals surface area contributed by atoms with Crippen LogP contribution in [0.5, 0.6) is 17.2 Å². The molecule has 1 atom stereocenters. The zero-order valence-corrected chi connectivity index (χ0v) is 19.5. The quantitative estimate of drug-likeness (QED) is 0.477. The normalized spacial score (nSPS) is 17.4. The molecule has 0 spiro atoms. The van der Waals surface area contributed by atoms with Gasteiger partial charge in [0.25, 0.3) is 5.56 Å². The molecule has 8 nitrogen and oxygen atoms in total. The predicted molar refractivity (Wildman–Crippen MR) is 123 cm³/mol. The smallest absolute Gasteiger partial charge is 0.257 e. The first-order chi connectivity index (χ1) is 15.5. The van der Waals surface area contributed by atoms with E-state index in [0.717, 1.165) is 30.7 Å². The van der Waals surface area contributed by atoms with Gasteiger partial charge >= 0.3 is 0 Å². The van der Waals surface area contributed by atoms with Gasteiger partial charge < -0.3 is 24.5 Å². The van der Waals surface area contributed by atoms with Crippen molar-refractivity contribution in [2.45, 2.75) is 43.7 Å². The first-order valence-corrected chi connectivity index (χ1v) is 11.6. The number of allylic oxidation sites excluding steroid dienone is 2. The van der Waals surface area contributed by atoms with Crippen molar-refractivity contribution in [3.05, 3.63) is 44.9 Å². The number of aromatic nitrogens is 2. The molecule has 170 valence electrons. The Morgan fingerprint density at radius 1 is 1.06 bits per heavy atom. The highest BCUT2D eigenvalue weighted by Crippen LogP contribution is 2.48. The molecular weight excluding hydrogens is 430 g/mol. The number of ether oxygens (including phenoxy) is 3. The number of rotatable bonds is 7. The van der Waals surface area contributed by atoms with Crippen LogP contribution >= 0.6 is 11.8 Å². The lowest BCUT2D eigenvalue weighted by atomic mass is 9.76. The molecule has 0 saturated heterocycles. The van der Waals surface area contributed by atoms with Gasteiger partial charge in [-0.2, -0.15) is 0 Å². The fourth-order valence-corrected chi connectivity index (χ4v) is 5.02. The molecule has 0 amide bonds. The highest BCUT2D eigenvalue weighted by atomic mass is 32.2. The molecule has 1 aliphatic carbocycles. The molecule has 2 aliphatic rings. The molecule has 0 bridgehead atoms. The zero-order chi connectivity index (χ0) is 22.8. The van der Waals surface area contributed by atoms with Gasteiger partial charge in [-0.05, 0) is 25.3 Å². The van der Waals surface area contributed by atoms with Crippen LogP contribution in [0.4, 0.5) is 5.82 Å². The van der Waals surface area contributed by atoms with E-state index in [2.05, 4.69) is 22.2 Å². The fraction of sp³-hybridized carbons (Fsp3) is 0.435. The van der Waals surface area contributed by atoms with Gasteiger partial charge in [0.2, 0.25) is 0 Å². The van der Waals surface area contributed by atoms with E-state index in [1.54, 1.807) is 33.5 Å². The lowest BCUT2D eigenvalue weighted by Gasteiger charge is -2.33. The largest absolute Gasteiger partial charge is 0.496 e. The number of benzene rings is 1. The molecule has 1 aliphatic heterocycles. The maximum Gasteiger partial charge on any atom is 0.257 e. The Morgan fingerprint density at radius 2 is 1.78 bits per heavy atom. The molecule has 2 aromatic rings. The summed E-state index contributed by atoms with van der Waals surface area (Å²) < 4.78 is 16.6. The number of ketones is 1. The van der Waals surface area contributed by atoms with E-state index in [1.807, 2.05) is 0 Å². The van der Waals surface area contributed by atoms with Crippen LogP contribution < -0.4 is 25.1 Å². The number of aromatic amines is 1. The number of anilines is 1. The summed E-state index contributed by atoms with van der Waals surface area (Å²) in [5.74, 6) is 2.25. The average Bonchev–Trinajstić information content (AvgIpc) is 2.80. The Hall–Kier alpha value is -2.94. The predicted octanol–water partition coefficient (Wildman–Crippen LogP) is 3.86. The number of hydrogen-bond acceptors (Lipinski definition) is 8. The maximum atomic E-state index is 13.3. The second-order valence-electron chi connectivity index (χ2n) is 7.66. The monoisotopic (exact) mass is 457 g/mol. The van der Waals surface area contributed by atoms with Gasteiger partial charge in [0, 0.05) is 35.1 Å². The lowest BCUT2D eigenvalue weighted by molar-refractivity contribution is -0.116. The number of nitrogens with one attached hydrogen (secondary N) is 2. The third-order valence-corrected chi connectivity index (χ3v) is 6.81. The van der Waals surface area contributed by atoms with Crippen molar-refractivity contribution in [2.75, 3.05) is 32.4 Å². The van der Waals surface area contributed by atoms with Crippen LogP contribution in [0.2, 0.25) is 0 Å². The summed E-state index contributed by atoms with van der Waals surface area (Å²) in [7, 11) is 4.65. The molecule has 1 aromatic heterocycles. The molecule has 2 N–H and O–H groups in total. The van der Waals surface area contributed by atoms with Gasteiger partial charge in [-0.25, -0.2) is 4.98 Å². The van der Waals surface area contributed by atoms with Crippen LogP contribution in [-0.4, -0.2) is 42.8 Å². The highest BCUT2D eigenvalue weighted by molar-refractivity contribution is 7.99. The third kappa shape index (κ3) is 3.85. The molecular formula is C23H27N3O5S. The van der Waals surface area contributed by atoms with Crippen molar-refractivity contribution in [2.24, 2.45) is 0 Å². The summed E-state index contributed by atoms with van der Waals surface area (Å²) in [5.41, 5.74) is 2.21. The van der Waals surface area contributed by atoms with Gasteiger partial charge in [-0.15, -0.1) is 0 Å². The number of nitrogens with zero attached hydrogens (tertiary/aromatic N) is 1. The van der Waals surface area contributed by atoms with Crippen molar-refractivity contribution < 1.29 is 19.0 Å². The van der Waals surface area contributed by atoms with Gasteiger partial charge in [0.15, 0.2) is 22.4 Å². The fourth-order valence-electron chi connectivity index (χ4n) is 4.30. The minimum Gasteiger partial charge on any atom is -0.496 e. The molecule has 0 fully saturated rings. The number of Topliss-reactive ketones (excluding diaryl/α,β-unsaturated/α-hetero) is 1. The topological polar surface area (TPSA) is 103 Å². The Kier molecular flexibility index (Phi) is 6.45. The Bertz CT molecular complexity index is 1140. The van der Waals surface area contributed by atoms with E-state index in [0.29, 0.717) is 51.3 Å². The van der Waals surface area contributed by atoms with Crippen LogP contribution in [0.25, 0.3) is 0 Å². The summed E-state index contributed by atoms with van der Waals surface area (Å²) in [6.45, 7) is 2.08. The second-order valence-corrected chi connectivity index (χ2v) is 8.74.